The average molecular weight is 332 g/mol. The molecule has 2 heterocycles. The smallest absolute Gasteiger partial charge is 0.234 e. The van der Waals surface area contributed by atoms with Crippen LogP contribution in [0.2, 0.25) is 0 Å². The van der Waals surface area contributed by atoms with E-state index in [0.717, 1.165) is 5.56 Å². The van der Waals surface area contributed by atoms with E-state index in [-0.39, 0.29) is 25.2 Å². The average Bonchev–Trinajstić information content (AvgIpc) is 2.61. The summed E-state index contributed by atoms with van der Waals surface area (Å²) in [5.74, 6) is 0.173. The fourth-order valence-electron chi connectivity index (χ4n) is 3.11. The number of hydrogen-bond donors (Lipinski definition) is 3. The molecule has 0 aliphatic carbocycles. The SMILES string of the molecule is COC1CC(C#N)=C2OC1(NOCc1ccccc1)C(O)CC2O. The Hall–Kier alpha value is -1.95. The van der Waals surface area contributed by atoms with Gasteiger partial charge in [-0.1, -0.05) is 30.3 Å². The topological polar surface area (TPSA) is 104 Å². The lowest BCUT2D eigenvalue weighted by molar-refractivity contribution is -0.277. The molecule has 1 saturated heterocycles. The van der Waals surface area contributed by atoms with Crippen LogP contribution in [0.5, 0.6) is 0 Å². The Kier molecular flexibility index (Phi) is 4.85. The maximum atomic E-state index is 10.5. The van der Waals surface area contributed by atoms with Crippen LogP contribution in [0, 0.1) is 11.3 Å². The lowest BCUT2D eigenvalue weighted by Gasteiger charge is -2.50. The molecule has 4 unspecified atom stereocenters. The van der Waals surface area contributed by atoms with Gasteiger partial charge in [0, 0.05) is 20.0 Å². The van der Waals surface area contributed by atoms with Crippen LogP contribution in [0.25, 0.3) is 0 Å². The third kappa shape index (κ3) is 2.90. The second-order valence-corrected chi connectivity index (χ2v) is 5.92. The number of methoxy groups -OCH3 is 1. The molecular weight excluding hydrogens is 312 g/mol. The zero-order chi connectivity index (χ0) is 17.2. The standard InChI is InChI=1S/C17H20N2O5/c1-22-15-7-12(9-18)16-13(20)8-14(21)17(15,24-16)19-23-10-11-5-3-2-4-6-11/h2-6,13-15,19-21H,7-8,10H2,1H3. The molecule has 0 amide bonds. The van der Waals surface area contributed by atoms with E-state index >= 15 is 0 Å². The highest BCUT2D eigenvalue weighted by molar-refractivity contribution is 5.33. The number of hydroxylamine groups is 1. The minimum absolute atomic E-state index is 0.0298. The van der Waals surface area contributed by atoms with Gasteiger partial charge in [-0.25, -0.2) is 0 Å². The summed E-state index contributed by atoms with van der Waals surface area (Å²) in [7, 11) is 1.48. The summed E-state index contributed by atoms with van der Waals surface area (Å²) in [4.78, 5) is 5.54. The van der Waals surface area contributed by atoms with Gasteiger partial charge in [0.05, 0.1) is 18.2 Å². The molecule has 0 saturated carbocycles. The van der Waals surface area contributed by atoms with E-state index in [1.807, 2.05) is 36.4 Å². The highest BCUT2D eigenvalue weighted by Gasteiger charge is 2.57. The fourth-order valence-corrected chi connectivity index (χ4v) is 3.11. The van der Waals surface area contributed by atoms with Crippen molar-refractivity contribution in [1.29, 1.82) is 5.26 Å². The number of aliphatic hydroxyl groups is 2. The van der Waals surface area contributed by atoms with Crippen LogP contribution in [0.3, 0.4) is 0 Å². The molecule has 2 aliphatic rings. The van der Waals surface area contributed by atoms with Crippen LogP contribution in [-0.2, 0) is 20.9 Å². The van der Waals surface area contributed by atoms with Gasteiger partial charge >= 0.3 is 0 Å². The first kappa shape index (κ1) is 16.9. The van der Waals surface area contributed by atoms with E-state index in [9.17, 15) is 15.5 Å². The lowest BCUT2D eigenvalue weighted by atomic mass is 9.83. The largest absolute Gasteiger partial charge is 0.466 e. The number of nitrogens with one attached hydrogen (secondary N) is 1. The Morgan fingerprint density at radius 3 is 2.79 bits per heavy atom. The molecule has 3 N–H and O–H groups in total. The van der Waals surface area contributed by atoms with Crippen molar-refractivity contribution < 1.29 is 24.5 Å². The van der Waals surface area contributed by atoms with Crippen LogP contribution in [-0.4, -0.2) is 41.4 Å². The molecule has 1 fully saturated rings. The zero-order valence-electron chi connectivity index (χ0n) is 13.3. The van der Waals surface area contributed by atoms with E-state index in [4.69, 9.17) is 14.3 Å². The van der Waals surface area contributed by atoms with E-state index < -0.39 is 24.0 Å². The lowest BCUT2D eigenvalue weighted by Crippen LogP contribution is -2.69. The molecular formula is C17H20N2O5. The quantitative estimate of drug-likeness (QED) is 0.683. The monoisotopic (exact) mass is 332 g/mol. The summed E-state index contributed by atoms with van der Waals surface area (Å²) < 4.78 is 11.2. The van der Waals surface area contributed by atoms with E-state index in [1.165, 1.54) is 7.11 Å². The Bertz CT molecular complexity index is 657. The summed E-state index contributed by atoms with van der Waals surface area (Å²) in [5, 5.41) is 29.8. The van der Waals surface area contributed by atoms with Gasteiger partial charge in [-0.05, 0) is 5.56 Å². The molecule has 4 atom stereocenters. The van der Waals surface area contributed by atoms with Crippen molar-refractivity contribution in [2.75, 3.05) is 7.11 Å². The first-order chi connectivity index (χ1) is 11.6. The molecule has 0 radical (unpaired) electrons. The molecule has 7 heteroatoms. The summed E-state index contributed by atoms with van der Waals surface area (Å²) >= 11 is 0. The Labute approximate surface area is 140 Å². The Morgan fingerprint density at radius 2 is 2.12 bits per heavy atom. The highest BCUT2D eigenvalue weighted by atomic mass is 16.7. The van der Waals surface area contributed by atoms with Crippen molar-refractivity contribution in [3.8, 4) is 6.07 Å². The first-order valence-corrected chi connectivity index (χ1v) is 7.74. The number of benzene rings is 1. The van der Waals surface area contributed by atoms with Gasteiger partial charge in [0.1, 0.15) is 24.1 Å². The van der Waals surface area contributed by atoms with E-state index in [2.05, 4.69) is 5.48 Å². The zero-order valence-corrected chi connectivity index (χ0v) is 13.3. The minimum Gasteiger partial charge on any atom is -0.466 e. The molecule has 2 bridgehead atoms. The van der Waals surface area contributed by atoms with Gasteiger partial charge in [-0.3, -0.25) is 4.84 Å². The third-order valence-corrected chi connectivity index (χ3v) is 4.42. The van der Waals surface area contributed by atoms with Crippen LogP contribution in [0.4, 0.5) is 0 Å². The minimum atomic E-state index is -1.36. The van der Waals surface area contributed by atoms with Crippen LogP contribution >= 0.6 is 0 Å². The van der Waals surface area contributed by atoms with Gasteiger partial charge in [-0.2, -0.15) is 10.7 Å². The highest BCUT2D eigenvalue weighted by Crippen LogP contribution is 2.41. The van der Waals surface area contributed by atoms with Gasteiger partial charge in [-0.15, -0.1) is 0 Å². The summed E-state index contributed by atoms with van der Waals surface area (Å²) in [5.41, 5.74) is 2.69. The fraction of sp³-hybridized carbons (Fsp3) is 0.471. The van der Waals surface area contributed by atoms with Gasteiger partial charge < -0.3 is 19.7 Å². The van der Waals surface area contributed by atoms with Crippen LogP contribution in [0.1, 0.15) is 18.4 Å². The number of fused-ring (bicyclic) bond motifs is 2. The van der Waals surface area contributed by atoms with E-state index in [1.54, 1.807) is 0 Å². The number of nitriles is 1. The van der Waals surface area contributed by atoms with Gasteiger partial charge in [0.2, 0.25) is 5.72 Å². The molecule has 128 valence electrons. The molecule has 0 spiro atoms. The Morgan fingerprint density at radius 1 is 1.38 bits per heavy atom. The first-order valence-electron chi connectivity index (χ1n) is 7.74. The van der Waals surface area contributed by atoms with Gasteiger partial charge in [0.15, 0.2) is 0 Å². The summed E-state index contributed by atoms with van der Waals surface area (Å²) in [6, 6.07) is 11.6. The van der Waals surface area contributed by atoms with Crippen LogP contribution < -0.4 is 5.48 Å². The summed E-state index contributed by atoms with van der Waals surface area (Å²) in [6.45, 7) is 0.266. The molecule has 0 aromatic heterocycles. The molecule has 2 aliphatic heterocycles. The number of ether oxygens (including phenoxy) is 2. The van der Waals surface area contributed by atoms with Crippen molar-refractivity contribution in [3.05, 3.63) is 47.2 Å². The van der Waals surface area contributed by atoms with Crippen molar-refractivity contribution in [3.63, 3.8) is 0 Å². The number of rotatable bonds is 5. The molecule has 1 aromatic rings. The molecule has 7 nitrogen and oxygen atoms in total. The number of hydrogen-bond acceptors (Lipinski definition) is 7. The number of nitrogens with zero attached hydrogens (tertiary/aromatic N) is 1. The van der Waals surface area contributed by atoms with Crippen LogP contribution in [0.15, 0.2) is 41.7 Å². The van der Waals surface area contributed by atoms with Crippen molar-refractivity contribution >= 4 is 0 Å². The third-order valence-electron chi connectivity index (χ3n) is 4.42. The van der Waals surface area contributed by atoms with E-state index in [0.29, 0.717) is 5.57 Å². The normalized spacial score (nSPS) is 32.2. The van der Waals surface area contributed by atoms with Crippen molar-refractivity contribution in [2.45, 2.75) is 43.5 Å². The molecule has 24 heavy (non-hydrogen) atoms. The predicted molar refractivity (Wildman–Crippen MR) is 82.9 cm³/mol. The predicted octanol–water partition coefficient (Wildman–Crippen LogP) is 0.743. The Balaban J connectivity index is 1.80. The molecule has 3 rings (SSSR count). The summed E-state index contributed by atoms with van der Waals surface area (Å²) in [6.07, 6.45) is -2.46. The maximum absolute atomic E-state index is 10.5. The second kappa shape index (κ2) is 6.89. The second-order valence-electron chi connectivity index (χ2n) is 5.92. The molecule has 1 aromatic carbocycles. The maximum Gasteiger partial charge on any atom is 0.234 e. The van der Waals surface area contributed by atoms with Crippen molar-refractivity contribution in [2.24, 2.45) is 0 Å². The van der Waals surface area contributed by atoms with Crippen molar-refractivity contribution in [1.82, 2.24) is 5.48 Å². The number of aliphatic hydroxyl groups excluding tert-OH is 2. The van der Waals surface area contributed by atoms with Gasteiger partial charge in [0.25, 0.3) is 0 Å².